The van der Waals surface area contributed by atoms with Crippen molar-refractivity contribution in [2.75, 3.05) is 0 Å². The Hall–Kier alpha value is -11.5. The molecule has 0 saturated heterocycles. The van der Waals surface area contributed by atoms with E-state index in [1.54, 1.807) is 0 Å². The van der Waals surface area contributed by atoms with Crippen molar-refractivity contribution in [2.24, 2.45) is 0 Å². The zero-order valence-corrected chi connectivity index (χ0v) is 80.1. The molecule has 642 valence electrons. The van der Waals surface area contributed by atoms with Crippen LogP contribution in [-0.4, -0.2) is 0 Å². The Morgan fingerprint density at radius 1 is 0.172 bits per heavy atom. The van der Waals surface area contributed by atoms with Crippen LogP contribution in [-0.2, 0) is 82.6 Å². The summed E-state index contributed by atoms with van der Waals surface area (Å²) in [5, 5.41) is 7.90. The van der Waals surface area contributed by atoms with E-state index in [-0.39, 0.29) is 83.6 Å². The molecule has 128 heavy (non-hydrogen) atoms. The fourth-order valence-corrected chi connectivity index (χ4v) is 26.4. The number of fused-ring (bicyclic) bond motifs is 3. The van der Waals surface area contributed by atoms with Crippen LogP contribution in [0, 0.1) is 0 Å². The molecule has 0 spiro atoms. The molecule has 0 aromatic heterocycles. The molecule has 5 heteroatoms. The van der Waals surface area contributed by atoms with Gasteiger partial charge in [-0.05, 0) is 260 Å². The second kappa shape index (κ2) is 44.5. The number of aryl methyl sites for hydroxylation is 1. The second-order valence-corrected chi connectivity index (χ2v) is 46.0. The van der Waals surface area contributed by atoms with Gasteiger partial charge in [0.25, 0.3) is 0 Å². The van der Waals surface area contributed by atoms with Crippen LogP contribution >= 0.6 is 0 Å². The van der Waals surface area contributed by atoms with Crippen molar-refractivity contribution in [2.45, 2.75) is 212 Å². The number of hydrogen-bond acceptors (Lipinski definition) is 0. The first kappa shape index (κ1) is 94.1. The molecule has 0 aliphatic heterocycles. The molecule has 0 fully saturated rings. The summed E-state index contributed by atoms with van der Waals surface area (Å²) in [4.78, 5) is 20.6. The minimum absolute atomic E-state index is 0. The molecular weight excluding hydrogens is 1640 g/mol. The largest absolute Gasteiger partial charge is 0.174 e. The Bertz CT molecular complexity index is 6050. The fraction of sp³-hybridized carbons (Fsp3) is 0.171. The molecule has 18 aromatic carbocycles. The molecule has 0 atom stereocenters. The van der Waals surface area contributed by atoms with E-state index in [1.807, 2.05) is 0 Å². The van der Waals surface area contributed by atoms with Crippen molar-refractivity contribution < 1.29 is 0 Å². The Morgan fingerprint density at radius 3 is 0.578 bits per heavy atom. The number of unbranched alkanes of at least 4 members (excludes halogenated alkanes) is 1. The van der Waals surface area contributed by atoms with Gasteiger partial charge in [0.2, 0.25) is 0 Å². The monoisotopic (exact) mass is 1760 g/mol. The standard InChI is InChI=1S/C30H39S.C26H19S.C22H17S.2C22H23S.CH4/c1-28(2,3)22-10-16-25(17-11-22)31(26-18-12-23(13-19-26)29(4,5)6)27-20-14-24(15-21-27)30(7,8)9;1-2-14-22(15-3-1)27(25-18-8-12-20-10-4-6-16-23(20)25)26-19-9-13-21-11-5-7-17-24(21)26;1-3-12-19(13-4-1)23(20-14-5-2-6-15-20)22-17-9-11-18-10-7-8-16-21(18)22;1-22(2,3)18-14-16-21(17-15-18)23(19-10-6-4-7-11-19)20-12-8-5-9-13-20;1-2-3-10-19-15-17-22(18-16-19)23(20-11-6-4-7-12-20)21-13-8-5-9-14-21;/h10-21H,1-9H3;1-19H;1-17H;4-17H,1-3H3;4-9,11-18H,2-3,10H2,1H3;1H4/q5*+1;. The highest BCUT2D eigenvalue weighted by atomic mass is 32.2. The molecule has 0 radical (unpaired) electrons. The third kappa shape index (κ3) is 24.5. The van der Waals surface area contributed by atoms with Gasteiger partial charge in [-0.15, -0.1) is 0 Å². The quantitative estimate of drug-likeness (QED) is 0.0751. The zero-order valence-electron chi connectivity index (χ0n) is 76.0. The Balaban J connectivity index is 0.000000137. The van der Waals surface area contributed by atoms with E-state index in [0.717, 1.165) is 0 Å². The predicted molar refractivity (Wildman–Crippen MR) is 560 cm³/mol. The van der Waals surface area contributed by atoms with Crippen LogP contribution < -0.4 is 0 Å². The van der Waals surface area contributed by atoms with Crippen molar-refractivity contribution in [1.29, 1.82) is 0 Å². The lowest BCUT2D eigenvalue weighted by atomic mass is 9.87. The molecule has 0 unspecified atom stereocenters. The van der Waals surface area contributed by atoms with Crippen LogP contribution in [0.3, 0.4) is 0 Å². The molecule has 0 heterocycles. The summed E-state index contributed by atoms with van der Waals surface area (Å²) in [6.07, 6.45) is 3.70. The van der Waals surface area contributed by atoms with Gasteiger partial charge in [0, 0.05) is 16.2 Å². The van der Waals surface area contributed by atoms with E-state index >= 15 is 0 Å². The third-order valence-electron chi connectivity index (χ3n) is 22.6. The van der Waals surface area contributed by atoms with E-state index in [1.165, 1.54) is 153 Å². The van der Waals surface area contributed by atoms with Crippen molar-refractivity contribution >= 4 is 86.8 Å². The van der Waals surface area contributed by atoms with Gasteiger partial charge >= 0.3 is 0 Å². The first-order valence-electron chi connectivity index (χ1n) is 44.6. The minimum atomic E-state index is -0.164. The van der Waals surface area contributed by atoms with E-state index < -0.39 is 0 Å². The lowest BCUT2D eigenvalue weighted by molar-refractivity contribution is 0.589. The summed E-state index contributed by atoms with van der Waals surface area (Å²) in [5.74, 6) is 0. The average molecular weight is 1760 g/mol. The van der Waals surface area contributed by atoms with Crippen LogP contribution in [0.2, 0.25) is 0 Å². The van der Waals surface area contributed by atoms with Gasteiger partial charge in [0.05, 0.1) is 43.6 Å². The Morgan fingerprint density at radius 2 is 0.352 bits per heavy atom. The molecule has 0 aliphatic carbocycles. The summed E-state index contributed by atoms with van der Waals surface area (Å²) >= 11 is 0. The van der Waals surface area contributed by atoms with Gasteiger partial charge in [-0.25, -0.2) is 0 Å². The van der Waals surface area contributed by atoms with Crippen molar-refractivity contribution in [1.82, 2.24) is 0 Å². The van der Waals surface area contributed by atoms with E-state index in [2.05, 4.69) is 551 Å². The zero-order chi connectivity index (χ0) is 88.8. The molecule has 0 amide bonds. The van der Waals surface area contributed by atoms with Crippen LogP contribution in [0.25, 0.3) is 32.3 Å². The number of rotatable bonds is 18. The lowest BCUT2D eigenvalue weighted by Gasteiger charge is -2.21. The maximum atomic E-state index is 2.33. The van der Waals surface area contributed by atoms with Gasteiger partial charge in [-0.2, -0.15) is 0 Å². The third-order valence-corrected chi connectivity index (χ3v) is 33.9. The first-order chi connectivity index (χ1) is 61.5. The van der Waals surface area contributed by atoms with Crippen molar-refractivity contribution in [3.63, 3.8) is 0 Å². The van der Waals surface area contributed by atoms with Crippen molar-refractivity contribution in [3.05, 3.63) is 489 Å². The maximum absolute atomic E-state index is 2.33. The predicted octanol–water partition coefficient (Wildman–Crippen LogP) is 34.5. The minimum Gasteiger partial charge on any atom is -0.0776 e. The average Bonchev–Trinajstić information content (AvgIpc) is 0.770. The topological polar surface area (TPSA) is 0 Å². The first-order valence-corrected chi connectivity index (χ1v) is 50.7. The molecule has 18 aromatic rings. The summed E-state index contributed by atoms with van der Waals surface area (Å²) in [5.41, 5.74) is 7.66. The van der Waals surface area contributed by atoms with Gasteiger partial charge < -0.3 is 0 Å². The Labute approximate surface area is 780 Å². The summed E-state index contributed by atoms with van der Waals surface area (Å²) in [7, 11) is -0.451. The summed E-state index contributed by atoms with van der Waals surface area (Å²) < 4.78 is 0. The number of hydrogen-bond donors (Lipinski definition) is 0. The summed E-state index contributed by atoms with van der Waals surface area (Å²) in [6, 6.07) is 168. The highest BCUT2D eigenvalue weighted by Gasteiger charge is 2.36. The highest BCUT2D eigenvalue weighted by Crippen LogP contribution is 2.43. The van der Waals surface area contributed by atoms with Gasteiger partial charge in [0.1, 0.15) is 10.9 Å². The van der Waals surface area contributed by atoms with E-state index in [4.69, 9.17) is 0 Å². The molecular formula is C123H125S5+5. The molecule has 0 aliphatic rings. The van der Waals surface area contributed by atoms with E-state index in [0.29, 0.717) is 0 Å². The molecule has 18 rings (SSSR count). The number of benzene rings is 18. The van der Waals surface area contributed by atoms with Crippen LogP contribution in [0.1, 0.15) is 138 Å². The van der Waals surface area contributed by atoms with Gasteiger partial charge in [0.15, 0.2) is 73.4 Å². The molecule has 0 nitrogen and oxygen atoms in total. The van der Waals surface area contributed by atoms with Crippen LogP contribution in [0.5, 0.6) is 0 Å². The SMILES string of the molecule is C.CC(C)(C)c1ccc([S+](c2ccc(C(C)(C)C)cc2)c2ccc(C(C)(C)C)cc2)cc1.CC(C)(C)c1ccc([S+](c2ccccc2)c2ccccc2)cc1.CCCCc1ccc([S+](c2ccccc2)c2ccccc2)cc1.c1ccc([S+](c2cccc3ccccc23)c2cccc3ccccc23)cc1.c1ccc([S+](c2ccccc2)c2cccc3ccccc23)cc1. The molecule has 0 bridgehead atoms. The summed E-state index contributed by atoms with van der Waals surface area (Å²) in [6.45, 7) is 29.5. The lowest BCUT2D eigenvalue weighted by Crippen LogP contribution is -2.13. The molecule has 0 saturated carbocycles. The van der Waals surface area contributed by atoms with Gasteiger partial charge in [-0.3, -0.25) is 0 Å². The van der Waals surface area contributed by atoms with Crippen LogP contribution in [0.4, 0.5) is 0 Å². The smallest absolute Gasteiger partial charge is 0.0776 e. The normalized spacial score (nSPS) is 11.5. The highest BCUT2D eigenvalue weighted by molar-refractivity contribution is 7.98. The Kier molecular flexibility index (Phi) is 32.7. The van der Waals surface area contributed by atoms with Crippen molar-refractivity contribution in [3.8, 4) is 0 Å². The fourth-order valence-electron chi connectivity index (χ4n) is 15.5. The van der Waals surface area contributed by atoms with E-state index in [9.17, 15) is 0 Å². The maximum Gasteiger partial charge on any atom is 0.174 e. The second-order valence-electron chi connectivity index (χ2n) is 36.0. The van der Waals surface area contributed by atoms with Gasteiger partial charge in [-0.1, -0.05) is 383 Å². The van der Waals surface area contributed by atoms with Crippen LogP contribution in [0.15, 0.2) is 534 Å². The molecule has 0 N–H and O–H groups in total.